The first-order valence-corrected chi connectivity index (χ1v) is 5.34. The minimum absolute atomic E-state index is 0.268. The van der Waals surface area contributed by atoms with Gasteiger partial charge in [-0.05, 0) is 20.8 Å². The van der Waals surface area contributed by atoms with Gasteiger partial charge in [0.15, 0.2) is 0 Å². The average Bonchev–Trinajstić information content (AvgIpc) is 2.16. The van der Waals surface area contributed by atoms with E-state index in [9.17, 15) is 0 Å². The maximum absolute atomic E-state index is 5.68. The van der Waals surface area contributed by atoms with Crippen molar-refractivity contribution < 1.29 is 4.74 Å². The molecule has 1 saturated heterocycles. The SMILES string of the molecule is Cc1cc(N2C[C@@H](C)O[C@H](C)C2)ncn1. The molecule has 82 valence electrons. The van der Waals surface area contributed by atoms with Gasteiger partial charge in [-0.25, -0.2) is 9.97 Å². The van der Waals surface area contributed by atoms with Crippen molar-refractivity contribution in [3.63, 3.8) is 0 Å². The molecule has 2 heterocycles. The monoisotopic (exact) mass is 207 g/mol. The Morgan fingerprint density at radius 1 is 1.27 bits per heavy atom. The van der Waals surface area contributed by atoms with E-state index in [0.29, 0.717) is 0 Å². The molecule has 0 saturated carbocycles. The molecule has 1 aromatic rings. The topological polar surface area (TPSA) is 38.2 Å². The standard InChI is InChI=1S/C11H17N3O/c1-8-4-11(13-7-12-8)14-5-9(2)15-10(3)6-14/h4,7,9-10H,5-6H2,1-3H3/t9-,10-/m1/s1. The Morgan fingerprint density at radius 2 is 1.93 bits per heavy atom. The zero-order chi connectivity index (χ0) is 10.8. The molecule has 0 bridgehead atoms. The Balaban J connectivity index is 2.16. The largest absolute Gasteiger partial charge is 0.372 e. The van der Waals surface area contributed by atoms with E-state index in [4.69, 9.17) is 4.74 Å². The second-order valence-corrected chi connectivity index (χ2v) is 4.18. The van der Waals surface area contributed by atoms with Gasteiger partial charge in [0.2, 0.25) is 0 Å². The Kier molecular flexibility index (Phi) is 2.86. The third-order valence-electron chi connectivity index (χ3n) is 2.53. The molecule has 1 aliphatic rings. The third-order valence-corrected chi connectivity index (χ3v) is 2.53. The van der Waals surface area contributed by atoms with Gasteiger partial charge in [0.05, 0.1) is 12.2 Å². The molecule has 1 aromatic heterocycles. The lowest BCUT2D eigenvalue weighted by atomic mass is 10.2. The van der Waals surface area contributed by atoms with Gasteiger partial charge in [0, 0.05) is 24.8 Å². The summed E-state index contributed by atoms with van der Waals surface area (Å²) < 4.78 is 5.68. The molecule has 15 heavy (non-hydrogen) atoms. The van der Waals surface area contributed by atoms with E-state index in [1.54, 1.807) is 6.33 Å². The normalized spacial score (nSPS) is 26.7. The summed E-state index contributed by atoms with van der Waals surface area (Å²) in [4.78, 5) is 10.7. The van der Waals surface area contributed by atoms with Crippen molar-refractivity contribution in [3.8, 4) is 0 Å². The van der Waals surface area contributed by atoms with Crippen LogP contribution in [0.2, 0.25) is 0 Å². The van der Waals surface area contributed by atoms with Crippen LogP contribution in [0.3, 0.4) is 0 Å². The lowest BCUT2D eigenvalue weighted by Crippen LogP contribution is -2.45. The number of hydrogen-bond donors (Lipinski definition) is 0. The number of aromatic nitrogens is 2. The molecule has 2 atom stereocenters. The van der Waals surface area contributed by atoms with Crippen LogP contribution in [0.1, 0.15) is 19.5 Å². The molecule has 4 heteroatoms. The Morgan fingerprint density at radius 3 is 2.53 bits per heavy atom. The van der Waals surface area contributed by atoms with E-state index in [2.05, 4.69) is 28.7 Å². The molecular weight excluding hydrogens is 190 g/mol. The third kappa shape index (κ3) is 2.45. The predicted molar refractivity (Wildman–Crippen MR) is 59.0 cm³/mol. The summed E-state index contributed by atoms with van der Waals surface area (Å²) >= 11 is 0. The van der Waals surface area contributed by atoms with E-state index < -0.39 is 0 Å². The molecule has 0 spiro atoms. The van der Waals surface area contributed by atoms with Gasteiger partial charge < -0.3 is 9.64 Å². The number of aryl methyl sites for hydroxylation is 1. The van der Waals surface area contributed by atoms with E-state index in [-0.39, 0.29) is 12.2 Å². The number of anilines is 1. The Bertz CT molecular complexity index is 332. The second kappa shape index (κ2) is 4.14. The van der Waals surface area contributed by atoms with Crippen LogP contribution >= 0.6 is 0 Å². The highest BCUT2D eigenvalue weighted by Gasteiger charge is 2.22. The van der Waals surface area contributed by atoms with E-state index in [1.807, 2.05) is 13.0 Å². The smallest absolute Gasteiger partial charge is 0.132 e. The first-order chi connectivity index (χ1) is 7.15. The van der Waals surface area contributed by atoms with Crippen LogP contribution in [0.25, 0.3) is 0 Å². The number of rotatable bonds is 1. The molecule has 0 radical (unpaired) electrons. The molecule has 1 fully saturated rings. The first kappa shape index (κ1) is 10.4. The van der Waals surface area contributed by atoms with Crippen molar-refractivity contribution in [3.05, 3.63) is 18.1 Å². The summed E-state index contributed by atoms with van der Waals surface area (Å²) in [6, 6.07) is 2.02. The number of morpholine rings is 1. The van der Waals surface area contributed by atoms with Gasteiger partial charge in [0.25, 0.3) is 0 Å². The molecule has 4 nitrogen and oxygen atoms in total. The fourth-order valence-electron chi connectivity index (χ4n) is 1.98. The van der Waals surface area contributed by atoms with Crippen LogP contribution in [0.4, 0.5) is 5.82 Å². The lowest BCUT2D eigenvalue weighted by Gasteiger charge is -2.36. The van der Waals surface area contributed by atoms with Crippen molar-refractivity contribution >= 4 is 5.82 Å². The van der Waals surface area contributed by atoms with Crippen molar-refractivity contribution in [2.75, 3.05) is 18.0 Å². The molecule has 0 unspecified atom stereocenters. The van der Waals surface area contributed by atoms with Crippen LogP contribution < -0.4 is 4.90 Å². The fourth-order valence-corrected chi connectivity index (χ4v) is 1.98. The quantitative estimate of drug-likeness (QED) is 0.697. The molecule has 0 aromatic carbocycles. The summed E-state index contributed by atoms with van der Waals surface area (Å²) in [5, 5.41) is 0. The van der Waals surface area contributed by atoms with Crippen molar-refractivity contribution in [1.29, 1.82) is 0 Å². The summed E-state index contributed by atoms with van der Waals surface area (Å²) in [6.07, 6.45) is 2.16. The minimum Gasteiger partial charge on any atom is -0.372 e. The molecule has 0 aliphatic carbocycles. The molecular formula is C11H17N3O. The van der Waals surface area contributed by atoms with E-state index >= 15 is 0 Å². The van der Waals surface area contributed by atoms with Crippen LogP contribution in [0.5, 0.6) is 0 Å². The zero-order valence-electron chi connectivity index (χ0n) is 9.47. The van der Waals surface area contributed by atoms with Gasteiger partial charge in [-0.2, -0.15) is 0 Å². The maximum atomic E-state index is 5.68. The molecule has 1 aliphatic heterocycles. The highest BCUT2D eigenvalue weighted by molar-refractivity contribution is 5.39. The molecule has 0 amide bonds. The van der Waals surface area contributed by atoms with Gasteiger partial charge in [0.1, 0.15) is 12.1 Å². The number of ether oxygens (including phenoxy) is 1. The van der Waals surface area contributed by atoms with E-state index in [0.717, 1.165) is 24.6 Å². The van der Waals surface area contributed by atoms with Crippen LogP contribution in [0.15, 0.2) is 12.4 Å². The number of hydrogen-bond acceptors (Lipinski definition) is 4. The van der Waals surface area contributed by atoms with Crippen molar-refractivity contribution in [1.82, 2.24) is 9.97 Å². The fraction of sp³-hybridized carbons (Fsp3) is 0.636. The first-order valence-electron chi connectivity index (χ1n) is 5.34. The predicted octanol–water partition coefficient (Wildman–Crippen LogP) is 1.40. The van der Waals surface area contributed by atoms with Crippen LogP contribution in [0, 0.1) is 6.92 Å². The van der Waals surface area contributed by atoms with Crippen LogP contribution in [-0.4, -0.2) is 35.3 Å². The molecule has 2 rings (SSSR count). The van der Waals surface area contributed by atoms with Crippen molar-refractivity contribution in [2.45, 2.75) is 33.0 Å². The second-order valence-electron chi connectivity index (χ2n) is 4.18. The lowest BCUT2D eigenvalue weighted by molar-refractivity contribution is -0.00547. The minimum atomic E-state index is 0.268. The summed E-state index contributed by atoms with van der Waals surface area (Å²) in [6.45, 7) is 7.98. The summed E-state index contributed by atoms with van der Waals surface area (Å²) in [7, 11) is 0. The summed E-state index contributed by atoms with van der Waals surface area (Å²) in [5.41, 5.74) is 1.01. The van der Waals surface area contributed by atoms with Gasteiger partial charge in [-0.1, -0.05) is 0 Å². The van der Waals surface area contributed by atoms with Gasteiger partial charge >= 0.3 is 0 Å². The summed E-state index contributed by atoms with van der Waals surface area (Å²) in [5.74, 6) is 1.00. The molecule has 0 N–H and O–H groups in total. The highest BCUT2D eigenvalue weighted by atomic mass is 16.5. The van der Waals surface area contributed by atoms with Gasteiger partial charge in [-0.3, -0.25) is 0 Å². The van der Waals surface area contributed by atoms with Gasteiger partial charge in [-0.15, -0.1) is 0 Å². The Hall–Kier alpha value is -1.16. The highest BCUT2D eigenvalue weighted by Crippen LogP contribution is 2.17. The van der Waals surface area contributed by atoms with Crippen molar-refractivity contribution in [2.24, 2.45) is 0 Å². The Labute approximate surface area is 90.3 Å². The zero-order valence-corrected chi connectivity index (χ0v) is 9.47. The number of nitrogens with zero attached hydrogens (tertiary/aromatic N) is 3. The average molecular weight is 207 g/mol. The van der Waals surface area contributed by atoms with E-state index in [1.165, 1.54) is 0 Å². The van der Waals surface area contributed by atoms with Crippen LogP contribution in [-0.2, 0) is 4.74 Å². The maximum Gasteiger partial charge on any atom is 0.132 e.